The molecule has 29 heavy (non-hydrogen) atoms. The lowest BCUT2D eigenvalue weighted by molar-refractivity contribution is -0.116. The summed E-state index contributed by atoms with van der Waals surface area (Å²) in [6.07, 6.45) is 2.34. The zero-order valence-electron chi connectivity index (χ0n) is 15.5. The van der Waals surface area contributed by atoms with E-state index in [0.29, 0.717) is 28.7 Å². The number of aromatic amines is 1. The largest absolute Gasteiger partial charge is 0.335 e. The molecule has 1 aliphatic rings. The fraction of sp³-hybridized carbons (Fsp3) is 0.263. The Morgan fingerprint density at radius 3 is 2.55 bits per heavy atom. The molecule has 0 aliphatic heterocycles. The highest BCUT2D eigenvalue weighted by atomic mass is 32.1. The number of carbonyl (C=O) groups is 2. The van der Waals surface area contributed by atoms with Crippen LogP contribution < -0.4 is 16.0 Å². The Bertz CT molecular complexity index is 1050. The summed E-state index contributed by atoms with van der Waals surface area (Å²) in [5, 5.41) is 17.5. The number of carbonyl (C=O) groups excluding carboxylic acids is 2. The SMILES string of the molecule is O=C(CCn1c(-c2cccs2)n[nH]c1=S)Nc1ccc(NC(=O)NC2CC2)cc1. The third-order valence-electron chi connectivity index (χ3n) is 4.40. The maximum atomic E-state index is 12.3. The van der Waals surface area contributed by atoms with Crippen LogP contribution in [0.3, 0.4) is 0 Å². The third-order valence-corrected chi connectivity index (χ3v) is 5.58. The van der Waals surface area contributed by atoms with Gasteiger partial charge in [0.25, 0.3) is 0 Å². The van der Waals surface area contributed by atoms with Gasteiger partial charge in [0, 0.05) is 30.4 Å². The van der Waals surface area contributed by atoms with Crippen molar-refractivity contribution < 1.29 is 9.59 Å². The van der Waals surface area contributed by atoms with Gasteiger partial charge in [-0.2, -0.15) is 5.10 Å². The predicted octanol–water partition coefficient (Wildman–Crippen LogP) is 3.98. The average molecular weight is 429 g/mol. The van der Waals surface area contributed by atoms with Crippen LogP contribution in [0.5, 0.6) is 0 Å². The predicted molar refractivity (Wildman–Crippen MR) is 116 cm³/mol. The number of H-pyrrole nitrogens is 1. The number of benzene rings is 1. The molecule has 0 atom stereocenters. The molecule has 4 rings (SSSR count). The molecule has 1 aliphatic carbocycles. The first-order valence-electron chi connectivity index (χ1n) is 9.25. The van der Waals surface area contributed by atoms with Crippen LogP contribution in [-0.4, -0.2) is 32.7 Å². The van der Waals surface area contributed by atoms with E-state index < -0.39 is 0 Å². The van der Waals surface area contributed by atoms with Crippen molar-refractivity contribution in [3.05, 3.63) is 46.5 Å². The zero-order valence-corrected chi connectivity index (χ0v) is 17.1. The Morgan fingerprint density at radius 2 is 1.90 bits per heavy atom. The quantitative estimate of drug-likeness (QED) is 0.427. The van der Waals surface area contributed by atoms with Crippen LogP contribution in [0.25, 0.3) is 10.7 Å². The minimum absolute atomic E-state index is 0.127. The van der Waals surface area contributed by atoms with Crippen LogP contribution in [0.15, 0.2) is 41.8 Å². The first kappa shape index (κ1) is 19.3. The Labute approximate surface area is 176 Å². The van der Waals surface area contributed by atoms with Gasteiger partial charge in [-0.3, -0.25) is 14.5 Å². The van der Waals surface area contributed by atoms with Crippen molar-refractivity contribution in [1.82, 2.24) is 20.1 Å². The van der Waals surface area contributed by atoms with Crippen LogP contribution in [-0.2, 0) is 11.3 Å². The molecule has 8 nitrogen and oxygen atoms in total. The molecule has 2 aromatic heterocycles. The van der Waals surface area contributed by atoms with Gasteiger partial charge < -0.3 is 16.0 Å². The second kappa shape index (κ2) is 8.58. The molecule has 0 bridgehead atoms. The lowest BCUT2D eigenvalue weighted by atomic mass is 10.2. The molecule has 1 saturated carbocycles. The van der Waals surface area contributed by atoms with Gasteiger partial charge in [-0.25, -0.2) is 4.79 Å². The summed E-state index contributed by atoms with van der Waals surface area (Å²) < 4.78 is 2.31. The number of nitrogens with zero attached hydrogens (tertiary/aromatic N) is 2. The molecule has 3 amide bonds. The highest BCUT2D eigenvalue weighted by molar-refractivity contribution is 7.71. The van der Waals surface area contributed by atoms with E-state index in [2.05, 4.69) is 26.1 Å². The fourth-order valence-electron chi connectivity index (χ4n) is 2.77. The number of hydrogen-bond acceptors (Lipinski definition) is 5. The molecule has 4 N–H and O–H groups in total. The van der Waals surface area contributed by atoms with Gasteiger partial charge in [-0.15, -0.1) is 11.3 Å². The molecule has 1 aromatic carbocycles. The number of urea groups is 1. The molecule has 0 unspecified atom stereocenters. The summed E-state index contributed by atoms with van der Waals surface area (Å²) >= 11 is 6.85. The molecule has 1 fully saturated rings. The minimum Gasteiger partial charge on any atom is -0.335 e. The van der Waals surface area contributed by atoms with Gasteiger partial charge in [0.05, 0.1) is 4.88 Å². The normalized spacial score (nSPS) is 13.1. The molecule has 0 spiro atoms. The Balaban J connectivity index is 1.30. The number of aromatic nitrogens is 3. The number of anilines is 2. The summed E-state index contributed by atoms with van der Waals surface area (Å²) in [6.45, 7) is 0.426. The van der Waals surface area contributed by atoms with Crippen LogP contribution in [0.4, 0.5) is 16.2 Å². The van der Waals surface area contributed by atoms with Gasteiger partial charge in [0.1, 0.15) is 0 Å². The maximum Gasteiger partial charge on any atom is 0.319 e. The summed E-state index contributed by atoms with van der Waals surface area (Å²) in [6, 6.07) is 11.0. The monoisotopic (exact) mass is 428 g/mol. The van der Waals surface area contributed by atoms with E-state index in [1.54, 1.807) is 35.6 Å². The summed E-state index contributed by atoms with van der Waals surface area (Å²) in [7, 11) is 0. The number of nitrogens with one attached hydrogen (secondary N) is 4. The highest BCUT2D eigenvalue weighted by Gasteiger charge is 2.23. The maximum absolute atomic E-state index is 12.3. The van der Waals surface area contributed by atoms with E-state index in [9.17, 15) is 9.59 Å². The van der Waals surface area contributed by atoms with Gasteiger partial charge in [-0.05, 0) is 60.8 Å². The van der Waals surface area contributed by atoms with Crippen molar-refractivity contribution in [2.45, 2.75) is 31.8 Å². The lowest BCUT2D eigenvalue weighted by Crippen LogP contribution is -2.30. The van der Waals surface area contributed by atoms with Gasteiger partial charge >= 0.3 is 6.03 Å². The molecule has 0 radical (unpaired) electrons. The molecule has 10 heteroatoms. The summed E-state index contributed by atoms with van der Waals surface area (Å²) in [4.78, 5) is 25.1. The molecule has 0 saturated heterocycles. The Kier molecular flexibility index (Phi) is 5.72. The number of hydrogen-bond donors (Lipinski definition) is 4. The Hall–Kier alpha value is -2.98. The molecule has 3 aromatic rings. The van der Waals surface area contributed by atoms with Crippen LogP contribution in [0.2, 0.25) is 0 Å². The second-order valence-electron chi connectivity index (χ2n) is 6.73. The van der Waals surface area contributed by atoms with E-state index in [-0.39, 0.29) is 18.4 Å². The molecular formula is C19H20N6O2S2. The van der Waals surface area contributed by atoms with Gasteiger partial charge in [0.15, 0.2) is 10.6 Å². The Morgan fingerprint density at radius 1 is 1.17 bits per heavy atom. The van der Waals surface area contributed by atoms with Crippen molar-refractivity contribution in [2.24, 2.45) is 0 Å². The van der Waals surface area contributed by atoms with Crippen molar-refractivity contribution in [3.8, 4) is 10.7 Å². The van der Waals surface area contributed by atoms with E-state index in [4.69, 9.17) is 12.2 Å². The summed E-state index contributed by atoms with van der Waals surface area (Å²) in [5.74, 6) is 0.607. The van der Waals surface area contributed by atoms with Crippen molar-refractivity contribution in [1.29, 1.82) is 0 Å². The van der Waals surface area contributed by atoms with Gasteiger partial charge in [-0.1, -0.05) is 6.07 Å². The van der Waals surface area contributed by atoms with Gasteiger partial charge in [0.2, 0.25) is 5.91 Å². The minimum atomic E-state index is -0.206. The highest BCUT2D eigenvalue weighted by Crippen LogP contribution is 2.23. The molecule has 2 heterocycles. The third kappa shape index (κ3) is 5.09. The zero-order chi connectivity index (χ0) is 20.2. The number of rotatable bonds is 7. The lowest BCUT2D eigenvalue weighted by Gasteiger charge is -2.09. The summed E-state index contributed by atoms with van der Waals surface area (Å²) in [5.41, 5.74) is 1.34. The average Bonchev–Trinajstić information content (AvgIpc) is 3.20. The van der Waals surface area contributed by atoms with E-state index in [1.165, 1.54) is 0 Å². The van der Waals surface area contributed by atoms with Crippen LogP contribution in [0.1, 0.15) is 19.3 Å². The molecule has 150 valence electrons. The van der Waals surface area contributed by atoms with Crippen molar-refractivity contribution in [2.75, 3.05) is 10.6 Å². The first-order valence-corrected chi connectivity index (χ1v) is 10.5. The smallest absolute Gasteiger partial charge is 0.319 e. The van der Waals surface area contributed by atoms with Crippen LogP contribution >= 0.6 is 23.6 Å². The van der Waals surface area contributed by atoms with Crippen molar-refractivity contribution in [3.63, 3.8) is 0 Å². The second-order valence-corrected chi connectivity index (χ2v) is 8.06. The first-order chi connectivity index (χ1) is 14.1. The standard InChI is InChI=1S/C19H20N6O2S2/c26-16(9-10-25-17(23-24-19(25)28)15-2-1-11-29-15)20-12-3-5-13(6-4-12)21-18(27)22-14-7-8-14/h1-6,11,14H,7-10H2,(H,20,26)(H,24,28)(H2,21,22,27). The number of thiophene rings is 1. The molecular weight excluding hydrogens is 408 g/mol. The van der Waals surface area contributed by atoms with E-state index >= 15 is 0 Å². The number of amides is 3. The topological polar surface area (TPSA) is 104 Å². The van der Waals surface area contributed by atoms with E-state index in [0.717, 1.165) is 23.5 Å². The van der Waals surface area contributed by atoms with Crippen LogP contribution in [0, 0.1) is 4.77 Å². The van der Waals surface area contributed by atoms with Crippen molar-refractivity contribution >= 4 is 46.9 Å². The van der Waals surface area contributed by atoms with E-state index in [1.807, 2.05) is 22.1 Å². The fourth-order valence-corrected chi connectivity index (χ4v) is 3.72.